The Labute approximate surface area is 217 Å². The Morgan fingerprint density at radius 3 is 2.36 bits per heavy atom. The molecule has 2 amide bonds. The number of aliphatic carboxylic acids is 1. The van der Waals surface area contributed by atoms with E-state index >= 15 is 0 Å². The van der Waals surface area contributed by atoms with Crippen LogP contribution in [0.3, 0.4) is 0 Å². The number of carbonyl (C=O) groups excluding carboxylic acids is 2. The number of thioether (sulfide) groups is 1. The lowest BCUT2D eigenvalue weighted by molar-refractivity contribution is -0.154. The smallest absolute Gasteiger partial charge is 0.326 e. The fourth-order valence-electron chi connectivity index (χ4n) is 7.39. The molecule has 2 N–H and O–H groups in total. The number of imide groups is 1. The number of hydrogen-bond acceptors (Lipinski definition) is 7. The van der Waals surface area contributed by atoms with Crippen LogP contribution in [0.25, 0.3) is 0 Å². The standard InChI is InChI=1S/C26H29N3O5S2/c1-4-28(5-2)13-8-6-12(7-9-13)16-17-14-10-15(20(17)35-22-21(16)36-26(34)27-22)19-18(14)23(30)29(24(19)31)11(3)25(32)33/h6-9,11,14-20H,4-5,10H2,1-3H3,(H,27,34)(H,32,33)/t11-,14-,15+,16-,17+,18+,19+,20+/m0/s1. The van der Waals surface area contributed by atoms with Crippen molar-refractivity contribution in [2.75, 3.05) is 18.0 Å². The van der Waals surface area contributed by atoms with Crippen molar-refractivity contribution in [2.24, 2.45) is 29.6 Å². The topological polar surface area (TPSA) is 111 Å². The Bertz CT molecular complexity index is 1300. The van der Waals surface area contributed by atoms with Crippen molar-refractivity contribution < 1.29 is 19.5 Å². The van der Waals surface area contributed by atoms with Crippen molar-refractivity contribution in [1.82, 2.24) is 9.88 Å². The molecule has 2 bridgehead atoms. The van der Waals surface area contributed by atoms with Crippen molar-refractivity contribution in [3.05, 3.63) is 44.4 Å². The Hall–Kier alpha value is -2.59. The van der Waals surface area contributed by atoms with Gasteiger partial charge in [0.2, 0.25) is 11.8 Å². The summed E-state index contributed by atoms with van der Waals surface area (Å²) in [5.41, 5.74) is 2.27. The lowest BCUT2D eigenvalue weighted by Gasteiger charge is -2.43. The molecule has 8 nitrogen and oxygen atoms in total. The van der Waals surface area contributed by atoms with E-state index < -0.39 is 23.8 Å². The van der Waals surface area contributed by atoms with Gasteiger partial charge >= 0.3 is 10.8 Å². The van der Waals surface area contributed by atoms with Crippen LogP contribution >= 0.6 is 23.1 Å². The molecule has 36 heavy (non-hydrogen) atoms. The molecule has 2 aromatic rings. The van der Waals surface area contributed by atoms with E-state index in [4.69, 9.17) is 0 Å². The Morgan fingerprint density at radius 2 is 1.75 bits per heavy atom. The van der Waals surface area contributed by atoms with Crippen molar-refractivity contribution in [3.8, 4) is 0 Å². The summed E-state index contributed by atoms with van der Waals surface area (Å²) in [6, 6.07) is 7.38. The Kier molecular flexibility index (Phi) is 5.60. The zero-order valence-corrected chi connectivity index (χ0v) is 22.0. The number of benzene rings is 1. The van der Waals surface area contributed by atoms with E-state index in [1.807, 2.05) is 0 Å². The highest BCUT2D eigenvalue weighted by molar-refractivity contribution is 8.00. The summed E-state index contributed by atoms with van der Waals surface area (Å²) in [4.78, 5) is 58.1. The number of aromatic nitrogens is 1. The second-order valence-electron chi connectivity index (χ2n) is 10.3. The number of likely N-dealkylation sites (tertiary alicyclic amines) is 1. The van der Waals surface area contributed by atoms with Gasteiger partial charge in [-0.1, -0.05) is 23.5 Å². The molecular formula is C26H29N3O5S2. The summed E-state index contributed by atoms with van der Waals surface area (Å²) in [6.45, 7) is 7.50. The van der Waals surface area contributed by atoms with Crippen LogP contribution < -0.4 is 9.77 Å². The average Bonchev–Trinajstić information content (AvgIpc) is 3.58. The number of fused-ring (bicyclic) bond motifs is 9. The fraction of sp³-hybridized carbons (Fsp3) is 0.538. The fourth-order valence-corrected chi connectivity index (χ4v) is 10.3. The van der Waals surface area contributed by atoms with E-state index in [0.29, 0.717) is 0 Å². The molecule has 1 aromatic carbocycles. The first-order valence-corrected chi connectivity index (χ1v) is 14.3. The maximum absolute atomic E-state index is 13.5. The lowest BCUT2D eigenvalue weighted by Crippen LogP contribution is -2.44. The van der Waals surface area contributed by atoms with Gasteiger partial charge in [-0.15, -0.1) is 11.8 Å². The highest BCUT2D eigenvalue weighted by Crippen LogP contribution is 2.68. The molecule has 10 heteroatoms. The number of carboxylic acid groups (broad SMARTS) is 1. The van der Waals surface area contributed by atoms with Crippen LogP contribution in [0, 0.1) is 29.6 Å². The number of H-pyrrole nitrogens is 1. The molecule has 3 fully saturated rings. The molecule has 3 heterocycles. The highest BCUT2D eigenvalue weighted by Gasteiger charge is 2.70. The maximum Gasteiger partial charge on any atom is 0.326 e. The van der Waals surface area contributed by atoms with Gasteiger partial charge < -0.3 is 15.0 Å². The first-order valence-electron chi connectivity index (χ1n) is 12.6. The second kappa shape index (κ2) is 8.48. The molecule has 0 unspecified atom stereocenters. The molecule has 2 aliphatic carbocycles. The van der Waals surface area contributed by atoms with E-state index in [1.165, 1.54) is 18.3 Å². The molecule has 2 saturated carbocycles. The minimum atomic E-state index is -1.17. The minimum Gasteiger partial charge on any atom is -0.480 e. The number of thiazole rings is 1. The van der Waals surface area contributed by atoms with Crippen LogP contribution in [0.1, 0.15) is 43.6 Å². The molecule has 1 saturated heterocycles. The van der Waals surface area contributed by atoms with Gasteiger partial charge in [-0.2, -0.15) is 0 Å². The summed E-state index contributed by atoms with van der Waals surface area (Å²) in [7, 11) is 0. The van der Waals surface area contributed by atoms with Crippen molar-refractivity contribution in [3.63, 3.8) is 0 Å². The summed E-state index contributed by atoms with van der Waals surface area (Å²) in [6.07, 6.45) is 0.789. The molecule has 6 rings (SSSR count). The molecule has 2 aliphatic heterocycles. The zero-order valence-electron chi connectivity index (χ0n) is 20.3. The van der Waals surface area contributed by atoms with Crippen LogP contribution in [0.15, 0.2) is 34.1 Å². The van der Waals surface area contributed by atoms with E-state index in [-0.39, 0.29) is 45.6 Å². The third-order valence-electron chi connectivity index (χ3n) is 8.88. The predicted octanol–water partition coefficient (Wildman–Crippen LogP) is 3.23. The largest absolute Gasteiger partial charge is 0.480 e. The molecule has 190 valence electrons. The maximum atomic E-state index is 13.5. The first kappa shape index (κ1) is 23.8. The van der Waals surface area contributed by atoms with Crippen LogP contribution in [0.5, 0.6) is 0 Å². The number of carbonyl (C=O) groups is 3. The number of amides is 2. The average molecular weight is 528 g/mol. The second-order valence-corrected chi connectivity index (χ2v) is 12.5. The summed E-state index contributed by atoms with van der Waals surface area (Å²) >= 11 is 2.88. The number of anilines is 1. The zero-order chi connectivity index (χ0) is 25.5. The summed E-state index contributed by atoms with van der Waals surface area (Å²) in [5, 5.41) is 10.5. The van der Waals surface area contributed by atoms with Crippen molar-refractivity contribution >= 4 is 46.6 Å². The number of nitrogens with zero attached hydrogens (tertiary/aromatic N) is 2. The molecular weight excluding hydrogens is 498 g/mol. The van der Waals surface area contributed by atoms with E-state index in [1.54, 1.807) is 11.8 Å². The van der Waals surface area contributed by atoms with Crippen LogP contribution in [-0.4, -0.2) is 57.2 Å². The van der Waals surface area contributed by atoms with E-state index in [9.17, 15) is 24.3 Å². The van der Waals surface area contributed by atoms with Crippen LogP contribution in [0.2, 0.25) is 0 Å². The van der Waals surface area contributed by atoms with Gasteiger partial charge in [0.05, 0.1) is 16.9 Å². The van der Waals surface area contributed by atoms with Gasteiger partial charge in [0, 0.05) is 34.8 Å². The molecule has 0 spiro atoms. The molecule has 8 atom stereocenters. The van der Waals surface area contributed by atoms with Crippen LogP contribution in [-0.2, 0) is 14.4 Å². The quantitative estimate of drug-likeness (QED) is 0.555. The monoisotopic (exact) mass is 527 g/mol. The van der Waals surface area contributed by atoms with Gasteiger partial charge in [0.15, 0.2) is 0 Å². The predicted molar refractivity (Wildman–Crippen MR) is 137 cm³/mol. The lowest BCUT2D eigenvalue weighted by atomic mass is 9.68. The summed E-state index contributed by atoms with van der Waals surface area (Å²) < 4.78 is 0. The minimum absolute atomic E-state index is 0.00792. The van der Waals surface area contributed by atoms with Gasteiger partial charge in [-0.25, -0.2) is 4.79 Å². The molecule has 1 aromatic heterocycles. The van der Waals surface area contributed by atoms with Crippen molar-refractivity contribution in [2.45, 2.75) is 49.4 Å². The van der Waals surface area contributed by atoms with Gasteiger partial charge in [-0.05, 0) is 62.6 Å². The van der Waals surface area contributed by atoms with Crippen LogP contribution in [0.4, 0.5) is 5.69 Å². The molecule has 4 aliphatic rings. The normalized spacial score (nSPS) is 32.9. The van der Waals surface area contributed by atoms with E-state index in [2.05, 4.69) is 48.0 Å². The van der Waals surface area contributed by atoms with Gasteiger partial charge in [0.25, 0.3) is 0 Å². The molecule has 0 radical (unpaired) electrons. The summed E-state index contributed by atoms with van der Waals surface area (Å²) in [5.74, 6) is -2.72. The number of aromatic amines is 1. The Balaban J connectivity index is 1.41. The Morgan fingerprint density at radius 1 is 1.11 bits per heavy atom. The third kappa shape index (κ3) is 3.19. The number of nitrogens with one attached hydrogen (secondary N) is 1. The number of carboxylic acids is 1. The number of hydrogen-bond donors (Lipinski definition) is 2. The first-order chi connectivity index (χ1) is 17.3. The third-order valence-corrected chi connectivity index (χ3v) is 11.5. The highest BCUT2D eigenvalue weighted by atomic mass is 32.2. The van der Waals surface area contributed by atoms with Crippen molar-refractivity contribution in [1.29, 1.82) is 0 Å². The SMILES string of the molecule is CCN(CC)c1ccc([C@@H]2c3sc(=O)[nH]c3S[C@@H]3[C@@H]4C[C@H]([C@H]5C(=O)N([C@@H](C)C(=O)O)C(=O)[C@H]45)[C@H]23)cc1. The van der Waals surface area contributed by atoms with E-state index in [0.717, 1.165) is 45.6 Å². The van der Waals surface area contributed by atoms with Gasteiger partial charge in [-0.3, -0.25) is 19.3 Å². The van der Waals surface area contributed by atoms with Gasteiger partial charge in [0.1, 0.15) is 6.04 Å². The number of rotatable bonds is 6.